The first-order chi connectivity index (χ1) is 8.07. The third kappa shape index (κ3) is 2.31. The lowest BCUT2D eigenvalue weighted by atomic mass is 9.87. The van der Waals surface area contributed by atoms with Gasteiger partial charge < -0.3 is 9.64 Å². The summed E-state index contributed by atoms with van der Waals surface area (Å²) in [5.41, 5.74) is -0.176. The van der Waals surface area contributed by atoms with Gasteiger partial charge in [-0.1, -0.05) is 19.8 Å². The monoisotopic (exact) mass is 239 g/mol. The van der Waals surface area contributed by atoms with Crippen molar-refractivity contribution >= 4 is 11.9 Å². The van der Waals surface area contributed by atoms with Crippen molar-refractivity contribution < 1.29 is 14.3 Å². The van der Waals surface area contributed by atoms with Crippen LogP contribution in [0.5, 0.6) is 0 Å². The highest BCUT2D eigenvalue weighted by atomic mass is 16.5. The molecular weight excluding hydrogens is 218 g/mol. The maximum atomic E-state index is 12.4. The van der Waals surface area contributed by atoms with Crippen molar-refractivity contribution in [2.45, 2.75) is 39.0 Å². The van der Waals surface area contributed by atoms with Gasteiger partial charge in [-0.3, -0.25) is 9.59 Å². The molecule has 1 aliphatic carbocycles. The number of carbonyl (C=O) groups excluding carboxylic acids is 2. The summed E-state index contributed by atoms with van der Waals surface area (Å²) >= 11 is 0. The summed E-state index contributed by atoms with van der Waals surface area (Å²) in [7, 11) is 1.41. The summed E-state index contributed by atoms with van der Waals surface area (Å²) in [6.07, 6.45) is 5.03. The summed E-state index contributed by atoms with van der Waals surface area (Å²) in [5.74, 6) is -0.0627. The smallest absolute Gasteiger partial charge is 0.310 e. The van der Waals surface area contributed by atoms with Crippen molar-refractivity contribution in [2.75, 3.05) is 20.2 Å². The average Bonchev–Trinajstić information content (AvgIpc) is 2.96. The normalized spacial score (nSPS) is 27.2. The predicted octanol–water partition coefficient (Wildman–Crippen LogP) is 1.59. The van der Waals surface area contributed by atoms with E-state index in [4.69, 9.17) is 4.74 Å². The second kappa shape index (κ2) is 4.67. The Kier molecular flexibility index (Phi) is 3.40. The topological polar surface area (TPSA) is 46.6 Å². The first-order valence-corrected chi connectivity index (χ1v) is 6.44. The van der Waals surface area contributed by atoms with Crippen molar-refractivity contribution in [1.29, 1.82) is 0 Å². The molecule has 1 amide bonds. The largest absolute Gasteiger partial charge is 0.469 e. The third-order valence-electron chi connectivity index (χ3n) is 4.23. The zero-order valence-corrected chi connectivity index (χ0v) is 10.7. The van der Waals surface area contributed by atoms with E-state index in [0.717, 1.165) is 32.1 Å². The number of carbonyl (C=O) groups is 2. The Morgan fingerprint density at radius 1 is 1.29 bits per heavy atom. The number of nitrogens with zero attached hydrogens (tertiary/aromatic N) is 1. The number of amides is 1. The molecule has 0 N–H and O–H groups in total. The number of rotatable bonds is 2. The van der Waals surface area contributed by atoms with Crippen molar-refractivity contribution in [3.63, 3.8) is 0 Å². The molecular formula is C13H21NO3. The molecule has 0 aromatic rings. The van der Waals surface area contributed by atoms with Crippen molar-refractivity contribution in [3.05, 3.63) is 0 Å². The Balaban J connectivity index is 1.96. The van der Waals surface area contributed by atoms with Crippen LogP contribution in [-0.4, -0.2) is 37.0 Å². The molecule has 4 nitrogen and oxygen atoms in total. The van der Waals surface area contributed by atoms with Gasteiger partial charge in [-0.25, -0.2) is 0 Å². The van der Waals surface area contributed by atoms with E-state index < -0.39 is 0 Å². The first-order valence-electron chi connectivity index (χ1n) is 6.44. The standard InChI is InChI=1S/C13H21NO3/c1-13(6-3-4-7-13)12(16)14-8-5-10(9-14)11(15)17-2/h10H,3-9H2,1-2H3. The molecule has 2 fully saturated rings. The number of ether oxygens (including phenoxy) is 1. The zero-order valence-electron chi connectivity index (χ0n) is 10.7. The van der Waals surface area contributed by atoms with Crippen LogP contribution in [-0.2, 0) is 14.3 Å². The summed E-state index contributed by atoms with van der Waals surface area (Å²) in [4.78, 5) is 25.7. The van der Waals surface area contributed by atoms with E-state index in [2.05, 4.69) is 6.92 Å². The molecule has 0 aromatic heterocycles. The van der Waals surface area contributed by atoms with Gasteiger partial charge in [0.05, 0.1) is 13.0 Å². The molecule has 1 atom stereocenters. The minimum atomic E-state index is -0.183. The molecule has 2 aliphatic rings. The molecule has 0 aromatic carbocycles. The van der Waals surface area contributed by atoms with E-state index in [0.29, 0.717) is 13.1 Å². The van der Waals surface area contributed by atoms with Gasteiger partial charge in [-0.05, 0) is 19.3 Å². The Morgan fingerprint density at radius 2 is 1.94 bits per heavy atom. The van der Waals surface area contributed by atoms with Gasteiger partial charge in [-0.15, -0.1) is 0 Å². The number of esters is 1. The Labute approximate surface area is 102 Å². The fourth-order valence-corrected chi connectivity index (χ4v) is 3.05. The quantitative estimate of drug-likeness (QED) is 0.687. The van der Waals surface area contributed by atoms with Gasteiger partial charge in [0, 0.05) is 18.5 Å². The lowest BCUT2D eigenvalue weighted by molar-refractivity contribution is -0.145. The van der Waals surface area contributed by atoms with E-state index in [1.54, 1.807) is 0 Å². The first kappa shape index (κ1) is 12.4. The summed E-state index contributed by atoms with van der Waals surface area (Å²) in [6.45, 7) is 3.31. The number of hydrogen-bond donors (Lipinski definition) is 0. The fraction of sp³-hybridized carbons (Fsp3) is 0.846. The number of methoxy groups -OCH3 is 1. The minimum Gasteiger partial charge on any atom is -0.469 e. The second-order valence-electron chi connectivity index (χ2n) is 5.53. The molecule has 1 aliphatic heterocycles. The molecule has 0 spiro atoms. The van der Waals surface area contributed by atoms with E-state index in [-0.39, 0.29) is 23.2 Å². The molecule has 1 heterocycles. The molecule has 96 valence electrons. The van der Waals surface area contributed by atoms with Crippen molar-refractivity contribution in [3.8, 4) is 0 Å². The highest BCUT2D eigenvalue weighted by molar-refractivity contribution is 5.84. The van der Waals surface area contributed by atoms with Crippen LogP contribution < -0.4 is 0 Å². The summed E-state index contributed by atoms with van der Waals surface area (Å²) < 4.78 is 4.74. The van der Waals surface area contributed by atoms with Crippen LogP contribution >= 0.6 is 0 Å². The second-order valence-corrected chi connectivity index (χ2v) is 5.53. The average molecular weight is 239 g/mol. The zero-order chi connectivity index (χ0) is 12.5. The minimum absolute atomic E-state index is 0.117. The van der Waals surface area contributed by atoms with Crippen LogP contribution in [0.25, 0.3) is 0 Å². The predicted molar refractivity (Wildman–Crippen MR) is 63.3 cm³/mol. The molecule has 2 rings (SSSR count). The van der Waals surface area contributed by atoms with Gasteiger partial charge in [-0.2, -0.15) is 0 Å². The van der Waals surface area contributed by atoms with Crippen LogP contribution in [0, 0.1) is 11.3 Å². The summed E-state index contributed by atoms with van der Waals surface area (Å²) in [6, 6.07) is 0. The van der Waals surface area contributed by atoms with Crippen LogP contribution in [0.4, 0.5) is 0 Å². The van der Waals surface area contributed by atoms with Crippen molar-refractivity contribution in [1.82, 2.24) is 4.90 Å². The Bertz CT molecular complexity index is 321. The fourth-order valence-electron chi connectivity index (χ4n) is 3.05. The maximum absolute atomic E-state index is 12.4. The van der Waals surface area contributed by atoms with E-state index >= 15 is 0 Å². The Hall–Kier alpha value is -1.06. The van der Waals surface area contributed by atoms with Crippen molar-refractivity contribution in [2.24, 2.45) is 11.3 Å². The maximum Gasteiger partial charge on any atom is 0.310 e. The Morgan fingerprint density at radius 3 is 2.53 bits per heavy atom. The molecule has 0 radical (unpaired) electrons. The van der Waals surface area contributed by atoms with E-state index in [9.17, 15) is 9.59 Å². The highest BCUT2D eigenvalue weighted by Gasteiger charge is 2.42. The molecule has 17 heavy (non-hydrogen) atoms. The molecule has 1 saturated heterocycles. The van der Waals surface area contributed by atoms with E-state index in [1.165, 1.54) is 7.11 Å². The van der Waals surface area contributed by atoms with Crippen LogP contribution in [0.15, 0.2) is 0 Å². The molecule has 1 saturated carbocycles. The lowest BCUT2D eigenvalue weighted by Crippen LogP contribution is -2.40. The van der Waals surface area contributed by atoms with Gasteiger partial charge in [0.15, 0.2) is 0 Å². The number of likely N-dealkylation sites (tertiary alicyclic amines) is 1. The number of hydrogen-bond acceptors (Lipinski definition) is 3. The lowest BCUT2D eigenvalue weighted by Gasteiger charge is -2.28. The van der Waals surface area contributed by atoms with Crippen LogP contribution in [0.1, 0.15) is 39.0 Å². The third-order valence-corrected chi connectivity index (χ3v) is 4.23. The SMILES string of the molecule is COC(=O)C1CCN(C(=O)C2(C)CCCC2)C1. The van der Waals surface area contributed by atoms with Crippen LogP contribution in [0.2, 0.25) is 0 Å². The molecule has 0 bridgehead atoms. The summed E-state index contributed by atoms with van der Waals surface area (Å²) in [5, 5.41) is 0. The molecule has 1 unspecified atom stereocenters. The van der Waals surface area contributed by atoms with Crippen LogP contribution in [0.3, 0.4) is 0 Å². The van der Waals surface area contributed by atoms with Gasteiger partial charge in [0.2, 0.25) is 5.91 Å². The van der Waals surface area contributed by atoms with Gasteiger partial charge in [0.25, 0.3) is 0 Å². The van der Waals surface area contributed by atoms with Gasteiger partial charge >= 0.3 is 5.97 Å². The van der Waals surface area contributed by atoms with Gasteiger partial charge in [0.1, 0.15) is 0 Å². The molecule has 4 heteroatoms. The van der Waals surface area contributed by atoms with E-state index in [1.807, 2.05) is 4.90 Å². The highest BCUT2D eigenvalue weighted by Crippen LogP contribution is 2.40.